The normalized spacial score (nSPS) is 17.6. The zero-order valence-electron chi connectivity index (χ0n) is 13.9. The second-order valence-corrected chi connectivity index (χ2v) is 6.52. The number of aromatic nitrogens is 1. The van der Waals surface area contributed by atoms with Crippen LogP contribution in [0, 0.1) is 6.92 Å². The van der Waals surface area contributed by atoms with Gasteiger partial charge in [0.1, 0.15) is 0 Å². The molecule has 1 aliphatic heterocycles. The number of aliphatic hydroxyl groups is 1. The minimum atomic E-state index is -0.313. The Balaban J connectivity index is 1.63. The van der Waals surface area contributed by atoms with Crippen molar-refractivity contribution >= 4 is 16.8 Å². The summed E-state index contributed by atoms with van der Waals surface area (Å²) in [5.41, 5.74) is 3.37. The fourth-order valence-corrected chi connectivity index (χ4v) is 3.42. The highest BCUT2D eigenvalue weighted by molar-refractivity contribution is 5.91. The zero-order chi connectivity index (χ0) is 16.4. The second-order valence-electron chi connectivity index (χ2n) is 6.52. The molecule has 5 nitrogen and oxygen atoms in total. The smallest absolute Gasteiger partial charge is 0.227 e. The molecule has 2 N–H and O–H groups in total. The van der Waals surface area contributed by atoms with E-state index in [1.165, 1.54) is 10.9 Å². The number of benzene rings is 1. The van der Waals surface area contributed by atoms with E-state index in [9.17, 15) is 9.90 Å². The number of aryl methyl sites for hydroxylation is 1. The van der Waals surface area contributed by atoms with E-state index in [4.69, 9.17) is 0 Å². The topological polar surface area (TPSA) is 59.6 Å². The average molecular weight is 315 g/mol. The predicted octanol–water partition coefficient (Wildman–Crippen LogP) is 1.54. The van der Waals surface area contributed by atoms with Crippen LogP contribution in [0.5, 0.6) is 0 Å². The fraction of sp³-hybridized carbons (Fsp3) is 0.500. The van der Waals surface area contributed by atoms with Crippen molar-refractivity contribution in [3.8, 4) is 0 Å². The van der Waals surface area contributed by atoms with Gasteiger partial charge in [-0.1, -0.05) is 12.1 Å². The van der Waals surface area contributed by atoms with Crippen LogP contribution >= 0.6 is 0 Å². The van der Waals surface area contributed by atoms with Crippen LogP contribution in [-0.2, 0) is 11.2 Å². The van der Waals surface area contributed by atoms with Crippen LogP contribution in [0.15, 0.2) is 24.4 Å². The second kappa shape index (κ2) is 6.72. The number of fused-ring (bicyclic) bond motifs is 1. The van der Waals surface area contributed by atoms with Gasteiger partial charge in [-0.15, -0.1) is 0 Å². The Labute approximate surface area is 136 Å². The van der Waals surface area contributed by atoms with E-state index in [0.717, 1.165) is 37.3 Å². The van der Waals surface area contributed by atoms with Crippen LogP contribution in [0.25, 0.3) is 10.9 Å². The van der Waals surface area contributed by atoms with Gasteiger partial charge >= 0.3 is 0 Å². The standard InChI is InChI=1S/C18H25N3O2/c1-13-4-3-5-16-18(13)15(11-19-16)10-17(23)21-8-6-20(7-9-21)12-14(2)22/h3-5,11,14,19,22H,6-10,12H2,1-2H3. The minimum absolute atomic E-state index is 0.186. The molecule has 0 radical (unpaired) electrons. The molecule has 1 saturated heterocycles. The van der Waals surface area contributed by atoms with E-state index < -0.39 is 0 Å². The summed E-state index contributed by atoms with van der Waals surface area (Å²) >= 11 is 0. The van der Waals surface area contributed by atoms with E-state index in [0.29, 0.717) is 13.0 Å². The SMILES string of the molecule is Cc1cccc2[nH]cc(CC(=O)N3CCN(CC(C)O)CC3)c12. The summed E-state index contributed by atoms with van der Waals surface area (Å²) in [6.07, 6.45) is 2.09. The van der Waals surface area contributed by atoms with Crippen molar-refractivity contribution in [3.05, 3.63) is 35.5 Å². The first-order valence-corrected chi connectivity index (χ1v) is 8.28. The quantitative estimate of drug-likeness (QED) is 0.900. The molecule has 1 atom stereocenters. The molecule has 1 unspecified atom stereocenters. The van der Waals surface area contributed by atoms with Crippen molar-refractivity contribution in [1.29, 1.82) is 0 Å². The van der Waals surface area contributed by atoms with Crippen LogP contribution in [-0.4, -0.2) is 64.6 Å². The monoisotopic (exact) mass is 315 g/mol. The van der Waals surface area contributed by atoms with Gasteiger partial charge in [0.25, 0.3) is 0 Å². The van der Waals surface area contributed by atoms with E-state index in [-0.39, 0.29) is 12.0 Å². The molecule has 5 heteroatoms. The highest BCUT2D eigenvalue weighted by Gasteiger charge is 2.22. The number of H-pyrrole nitrogens is 1. The summed E-state index contributed by atoms with van der Waals surface area (Å²) in [6.45, 7) is 7.73. The number of rotatable bonds is 4. The van der Waals surface area contributed by atoms with E-state index in [2.05, 4.69) is 22.9 Å². The third-order valence-corrected chi connectivity index (χ3v) is 4.58. The molecule has 0 saturated carbocycles. The number of aromatic amines is 1. The van der Waals surface area contributed by atoms with Gasteiger partial charge < -0.3 is 15.0 Å². The molecule has 0 aliphatic carbocycles. The molecule has 3 rings (SSSR count). The lowest BCUT2D eigenvalue weighted by Gasteiger charge is -2.35. The van der Waals surface area contributed by atoms with Crippen molar-refractivity contribution < 1.29 is 9.90 Å². The molecule has 0 bridgehead atoms. The number of nitrogens with zero attached hydrogens (tertiary/aromatic N) is 2. The Morgan fingerprint density at radius 3 is 2.74 bits per heavy atom. The van der Waals surface area contributed by atoms with Gasteiger partial charge in [0.2, 0.25) is 5.91 Å². The Morgan fingerprint density at radius 1 is 1.30 bits per heavy atom. The summed E-state index contributed by atoms with van der Waals surface area (Å²) in [5.74, 6) is 0.186. The number of piperazine rings is 1. The van der Waals surface area contributed by atoms with Crippen molar-refractivity contribution in [2.24, 2.45) is 0 Å². The number of β-amino-alcohol motifs (C(OH)–C–C–N with tert-alkyl or cyclic N) is 1. The molecule has 1 amide bonds. The van der Waals surface area contributed by atoms with Gasteiger partial charge in [-0.05, 0) is 31.0 Å². The number of amides is 1. The van der Waals surface area contributed by atoms with Gasteiger partial charge in [0, 0.05) is 49.8 Å². The first-order valence-electron chi connectivity index (χ1n) is 8.28. The van der Waals surface area contributed by atoms with E-state index >= 15 is 0 Å². The average Bonchev–Trinajstić information content (AvgIpc) is 2.92. The van der Waals surface area contributed by atoms with Gasteiger partial charge in [0.15, 0.2) is 0 Å². The van der Waals surface area contributed by atoms with Crippen LogP contribution < -0.4 is 0 Å². The van der Waals surface area contributed by atoms with Crippen LogP contribution in [0.1, 0.15) is 18.1 Å². The first-order chi connectivity index (χ1) is 11.0. The van der Waals surface area contributed by atoms with Gasteiger partial charge in [-0.25, -0.2) is 0 Å². The lowest BCUT2D eigenvalue weighted by Crippen LogP contribution is -2.50. The van der Waals surface area contributed by atoms with Crippen LogP contribution in [0.3, 0.4) is 0 Å². The molecular formula is C18H25N3O2. The highest BCUT2D eigenvalue weighted by Crippen LogP contribution is 2.23. The van der Waals surface area contributed by atoms with Gasteiger partial charge in [0.05, 0.1) is 12.5 Å². The molecule has 2 heterocycles. The van der Waals surface area contributed by atoms with Crippen LogP contribution in [0.2, 0.25) is 0 Å². The Kier molecular flexibility index (Phi) is 4.68. The van der Waals surface area contributed by atoms with Crippen molar-refractivity contribution in [2.45, 2.75) is 26.4 Å². The number of carbonyl (C=O) groups excluding carboxylic acids is 1. The van der Waals surface area contributed by atoms with E-state index in [1.807, 2.05) is 23.2 Å². The van der Waals surface area contributed by atoms with Crippen molar-refractivity contribution in [3.63, 3.8) is 0 Å². The number of hydrogen-bond donors (Lipinski definition) is 2. The molecule has 23 heavy (non-hydrogen) atoms. The predicted molar refractivity (Wildman–Crippen MR) is 91.4 cm³/mol. The van der Waals surface area contributed by atoms with Crippen molar-refractivity contribution in [1.82, 2.24) is 14.8 Å². The molecule has 1 aliphatic rings. The largest absolute Gasteiger partial charge is 0.392 e. The van der Waals surface area contributed by atoms with E-state index in [1.54, 1.807) is 6.92 Å². The first kappa shape index (κ1) is 16.0. The zero-order valence-corrected chi connectivity index (χ0v) is 13.9. The third kappa shape index (κ3) is 3.57. The summed E-state index contributed by atoms with van der Waals surface area (Å²) in [4.78, 5) is 20.0. The molecule has 2 aromatic rings. The molecule has 1 aromatic heterocycles. The summed E-state index contributed by atoms with van der Waals surface area (Å²) in [6, 6.07) is 6.16. The highest BCUT2D eigenvalue weighted by atomic mass is 16.3. The maximum atomic E-state index is 12.6. The molecule has 1 fully saturated rings. The fourth-order valence-electron chi connectivity index (χ4n) is 3.42. The number of carbonyl (C=O) groups is 1. The Hall–Kier alpha value is -1.85. The number of aliphatic hydroxyl groups excluding tert-OH is 1. The summed E-state index contributed by atoms with van der Waals surface area (Å²) in [7, 11) is 0. The maximum absolute atomic E-state index is 12.6. The summed E-state index contributed by atoms with van der Waals surface area (Å²) < 4.78 is 0. The lowest BCUT2D eigenvalue weighted by molar-refractivity contribution is -0.132. The summed E-state index contributed by atoms with van der Waals surface area (Å²) in [5, 5.41) is 10.6. The van der Waals surface area contributed by atoms with Gasteiger partial charge in [-0.3, -0.25) is 9.69 Å². The number of hydrogen-bond acceptors (Lipinski definition) is 3. The Morgan fingerprint density at radius 2 is 2.04 bits per heavy atom. The van der Waals surface area contributed by atoms with Crippen LogP contribution in [0.4, 0.5) is 0 Å². The molecule has 1 aromatic carbocycles. The maximum Gasteiger partial charge on any atom is 0.227 e. The van der Waals surface area contributed by atoms with Crippen molar-refractivity contribution in [2.75, 3.05) is 32.7 Å². The number of nitrogens with one attached hydrogen (secondary N) is 1. The lowest BCUT2D eigenvalue weighted by atomic mass is 10.0. The third-order valence-electron chi connectivity index (χ3n) is 4.58. The Bertz CT molecular complexity index is 685. The minimum Gasteiger partial charge on any atom is -0.392 e. The molecule has 0 spiro atoms. The van der Waals surface area contributed by atoms with Gasteiger partial charge in [-0.2, -0.15) is 0 Å². The molecule has 124 valence electrons. The molecular weight excluding hydrogens is 290 g/mol.